The number of rotatable bonds is 2. The molecule has 2 heterocycles. The van der Waals surface area contributed by atoms with E-state index in [9.17, 15) is 0 Å². The fourth-order valence-electron chi connectivity index (χ4n) is 2.57. The van der Waals surface area contributed by atoms with Crippen molar-refractivity contribution in [2.45, 2.75) is 19.1 Å². The normalized spacial score (nSPS) is 28.1. The molecule has 0 aliphatic carbocycles. The van der Waals surface area contributed by atoms with Gasteiger partial charge in [0.25, 0.3) is 0 Å². The van der Waals surface area contributed by atoms with E-state index < -0.39 is 0 Å². The molecule has 0 radical (unpaired) electrons. The van der Waals surface area contributed by atoms with Gasteiger partial charge in [-0.25, -0.2) is 0 Å². The number of hydrogen-bond donors (Lipinski definition) is 1. The third-order valence-corrected chi connectivity index (χ3v) is 3.64. The van der Waals surface area contributed by atoms with E-state index in [0.29, 0.717) is 12.6 Å². The van der Waals surface area contributed by atoms with Gasteiger partial charge < -0.3 is 14.8 Å². The molecule has 4 nitrogen and oxygen atoms in total. The molecule has 1 fully saturated rings. The van der Waals surface area contributed by atoms with Crippen LogP contribution in [-0.2, 0) is 0 Å². The minimum atomic E-state index is 0.139. The summed E-state index contributed by atoms with van der Waals surface area (Å²) in [6.45, 7) is 7.05. The first-order valence-corrected chi connectivity index (χ1v) is 6.66. The molecule has 0 spiro atoms. The van der Waals surface area contributed by atoms with Gasteiger partial charge in [0.2, 0.25) is 0 Å². The van der Waals surface area contributed by atoms with Crippen molar-refractivity contribution in [2.24, 2.45) is 0 Å². The summed E-state index contributed by atoms with van der Waals surface area (Å²) in [6, 6.07) is 8.46. The number of para-hydroxylation sites is 2. The van der Waals surface area contributed by atoms with Crippen LogP contribution in [0.2, 0.25) is 0 Å². The molecule has 1 aromatic carbocycles. The van der Waals surface area contributed by atoms with Gasteiger partial charge in [-0.2, -0.15) is 0 Å². The third kappa shape index (κ3) is 2.44. The fourth-order valence-corrected chi connectivity index (χ4v) is 2.57. The van der Waals surface area contributed by atoms with Crippen LogP contribution >= 0.6 is 0 Å². The lowest BCUT2D eigenvalue weighted by Crippen LogP contribution is -2.53. The Bertz CT molecular complexity index is 411. The predicted molar refractivity (Wildman–Crippen MR) is 70.3 cm³/mol. The molecule has 3 rings (SSSR count). The quantitative estimate of drug-likeness (QED) is 0.850. The maximum absolute atomic E-state index is 6.00. The topological polar surface area (TPSA) is 33.7 Å². The minimum absolute atomic E-state index is 0.139. The van der Waals surface area contributed by atoms with Crippen molar-refractivity contribution in [2.75, 3.05) is 32.8 Å². The van der Waals surface area contributed by atoms with Crippen LogP contribution in [0.5, 0.6) is 11.5 Å². The Balaban J connectivity index is 1.62. The number of piperazine rings is 1. The number of nitrogens with zero attached hydrogens (tertiary/aromatic N) is 1. The summed E-state index contributed by atoms with van der Waals surface area (Å²) >= 11 is 0. The number of hydrogen-bond acceptors (Lipinski definition) is 4. The summed E-state index contributed by atoms with van der Waals surface area (Å²) in [5, 5.41) is 3.40. The number of fused-ring (bicyclic) bond motifs is 1. The van der Waals surface area contributed by atoms with Gasteiger partial charge in [0.15, 0.2) is 11.5 Å². The van der Waals surface area contributed by atoms with Gasteiger partial charge in [0.1, 0.15) is 12.7 Å². The Kier molecular flexibility index (Phi) is 3.39. The van der Waals surface area contributed by atoms with Crippen LogP contribution in [-0.4, -0.2) is 49.8 Å². The van der Waals surface area contributed by atoms with Crippen molar-refractivity contribution in [1.82, 2.24) is 10.2 Å². The highest BCUT2D eigenvalue weighted by atomic mass is 16.6. The highest BCUT2D eigenvalue weighted by molar-refractivity contribution is 5.40. The Labute approximate surface area is 108 Å². The summed E-state index contributed by atoms with van der Waals surface area (Å²) in [5.74, 6) is 1.73. The van der Waals surface area contributed by atoms with Crippen molar-refractivity contribution in [3.05, 3.63) is 24.3 Å². The smallest absolute Gasteiger partial charge is 0.161 e. The second kappa shape index (κ2) is 5.16. The highest BCUT2D eigenvalue weighted by Crippen LogP contribution is 2.31. The van der Waals surface area contributed by atoms with Gasteiger partial charge in [-0.15, -0.1) is 0 Å². The van der Waals surface area contributed by atoms with Crippen LogP contribution in [0.25, 0.3) is 0 Å². The molecule has 2 aliphatic heterocycles. The molecule has 0 amide bonds. The van der Waals surface area contributed by atoms with E-state index in [4.69, 9.17) is 9.47 Å². The predicted octanol–water partition coefficient (Wildman–Crippen LogP) is 1.12. The molecule has 1 aromatic rings. The lowest BCUT2D eigenvalue weighted by molar-refractivity contribution is 0.0414. The highest BCUT2D eigenvalue weighted by Gasteiger charge is 2.26. The van der Waals surface area contributed by atoms with Gasteiger partial charge in [-0.1, -0.05) is 12.1 Å². The third-order valence-electron chi connectivity index (χ3n) is 3.64. The Hall–Kier alpha value is -1.26. The average Bonchev–Trinajstić information content (AvgIpc) is 2.41. The van der Waals surface area contributed by atoms with E-state index in [0.717, 1.165) is 37.7 Å². The SMILES string of the molecule is C[C@@H]1CNCCN1CC1COc2ccccc2O1. The zero-order valence-electron chi connectivity index (χ0n) is 10.8. The minimum Gasteiger partial charge on any atom is -0.486 e. The van der Waals surface area contributed by atoms with Crippen LogP contribution in [0.1, 0.15) is 6.92 Å². The van der Waals surface area contributed by atoms with Gasteiger partial charge >= 0.3 is 0 Å². The van der Waals surface area contributed by atoms with Crippen molar-refractivity contribution in [1.29, 1.82) is 0 Å². The zero-order valence-corrected chi connectivity index (χ0v) is 10.8. The number of benzene rings is 1. The Morgan fingerprint density at radius 2 is 2.17 bits per heavy atom. The van der Waals surface area contributed by atoms with E-state index in [1.165, 1.54) is 0 Å². The van der Waals surface area contributed by atoms with Crippen molar-refractivity contribution >= 4 is 0 Å². The van der Waals surface area contributed by atoms with Gasteiger partial charge in [0, 0.05) is 32.2 Å². The number of nitrogens with one attached hydrogen (secondary N) is 1. The summed E-state index contributed by atoms with van der Waals surface area (Å²) in [5.41, 5.74) is 0. The summed E-state index contributed by atoms with van der Waals surface area (Å²) in [6.07, 6.45) is 0.139. The molecule has 0 saturated carbocycles. The molecule has 0 aromatic heterocycles. The van der Waals surface area contributed by atoms with E-state index >= 15 is 0 Å². The summed E-state index contributed by atoms with van der Waals surface area (Å²) < 4.78 is 11.7. The first-order chi connectivity index (χ1) is 8.83. The van der Waals surface area contributed by atoms with Crippen molar-refractivity contribution in [3.8, 4) is 11.5 Å². The Morgan fingerprint density at radius 3 is 3.00 bits per heavy atom. The van der Waals surface area contributed by atoms with Crippen LogP contribution in [0.15, 0.2) is 24.3 Å². The molecule has 1 unspecified atom stereocenters. The summed E-state index contributed by atoms with van der Waals surface area (Å²) in [7, 11) is 0. The molecule has 18 heavy (non-hydrogen) atoms. The standard InChI is InChI=1S/C14H20N2O2/c1-11-8-15-6-7-16(11)9-12-10-17-13-4-2-3-5-14(13)18-12/h2-5,11-12,15H,6-10H2,1H3/t11-,12?/m1/s1. The second-order valence-corrected chi connectivity index (χ2v) is 5.05. The van der Waals surface area contributed by atoms with Crippen molar-refractivity contribution < 1.29 is 9.47 Å². The zero-order chi connectivity index (χ0) is 12.4. The van der Waals surface area contributed by atoms with Gasteiger partial charge in [-0.3, -0.25) is 4.90 Å². The first-order valence-electron chi connectivity index (χ1n) is 6.66. The largest absolute Gasteiger partial charge is 0.486 e. The molecule has 4 heteroatoms. The van der Waals surface area contributed by atoms with E-state index in [1.54, 1.807) is 0 Å². The second-order valence-electron chi connectivity index (χ2n) is 5.05. The van der Waals surface area contributed by atoms with E-state index in [-0.39, 0.29) is 6.10 Å². The first kappa shape index (κ1) is 11.8. The van der Waals surface area contributed by atoms with Gasteiger partial charge in [-0.05, 0) is 19.1 Å². The van der Waals surface area contributed by atoms with Crippen LogP contribution in [0.3, 0.4) is 0 Å². The summed E-state index contributed by atoms with van der Waals surface area (Å²) in [4.78, 5) is 2.47. The molecule has 2 aliphatic rings. The molecule has 2 atom stereocenters. The molecule has 1 saturated heterocycles. The molecule has 98 valence electrons. The maximum Gasteiger partial charge on any atom is 0.161 e. The monoisotopic (exact) mass is 248 g/mol. The van der Waals surface area contributed by atoms with Crippen molar-refractivity contribution in [3.63, 3.8) is 0 Å². The lowest BCUT2D eigenvalue weighted by atomic mass is 10.2. The van der Waals surface area contributed by atoms with E-state index in [2.05, 4.69) is 17.1 Å². The molecule has 1 N–H and O–H groups in total. The van der Waals surface area contributed by atoms with Crippen LogP contribution in [0.4, 0.5) is 0 Å². The van der Waals surface area contributed by atoms with Crippen LogP contribution < -0.4 is 14.8 Å². The molecular weight excluding hydrogens is 228 g/mol. The lowest BCUT2D eigenvalue weighted by Gasteiger charge is -2.37. The maximum atomic E-state index is 6.00. The Morgan fingerprint density at radius 1 is 1.33 bits per heavy atom. The van der Waals surface area contributed by atoms with E-state index in [1.807, 2.05) is 24.3 Å². The van der Waals surface area contributed by atoms with Crippen LogP contribution in [0, 0.1) is 0 Å². The molecule has 0 bridgehead atoms. The average molecular weight is 248 g/mol. The number of ether oxygens (including phenoxy) is 2. The molecular formula is C14H20N2O2. The van der Waals surface area contributed by atoms with Gasteiger partial charge in [0.05, 0.1) is 0 Å². The fraction of sp³-hybridized carbons (Fsp3) is 0.571.